The molecule has 0 fully saturated rings. The van der Waals surface area contributed by atoms with E-state index in [1.165, 1.54) is 11.3 Å². The van der Waals surface area contributed by atoms with Crippen molar-refractivity contribution < 1.29 is 9.52 Å². The van der Waals surface area contributed by atoms with Gasteiger partial charge in [0.1, 0.15) is 11.9 Å². The van der Waals surface area contributed by atoms with Crippen LogP contribution in [0.4, 0.5) is 5.69 Å². The lowest BCUT2D eigenvalue weighted by Crippen LogP contribution is -2.31. The van der Waals surface area contributed by atoms with Gasteiger partial charge in [-0.25, -0.2) is 0 Å². The largest absolute Gasteiger partial charge is 0.467 e. The number of aliphatic hydroxyl groups excluding tert-OH is 1. The summed E-state index contributed by atoms with van der Waals surface area (Å²) in [7, 11) is 0. The number of fused-ring (bicyclic) bond motifs is 1. The van der Waals surface area contributed by atoms with Crippen molar-refractivity contribution in [2.45, 2.75) is 44.4 Å². The number of benzene rings is 1. The van der Waals surface area contributed by atoms with Gasteiger partial charge in [-0.3, -0.25) is 0 Å². The minimum absolute atomic E-state index is 0.205. The maximum Gasteiger partial charge on any atom is 0.132 e. The molecule has 2 aromatic rings. The molecule has 0 saturated heterocycles. The molecule has 118 valence electrons. The Labute approximate surface area is 131 Å². The normalized spacial score (nSPS) is 20.5. The monoisotopic (exact) mass is 300 g/mol. The second kappa shape index (κ2) is 6.99. The molecule has 4 heteroatoms. The maximum atomic E-state index is 10.2. The number of rotatable bonds is 5. The van der Waals surface area contributed by atoms with Crippen molar-refractivity contribution in [1.29, 1.82) is 0 Å². The molecule has 0 unspecified atom stereocenters. The second-order valence-corrected chi connectivity index (χ2v) is 6.04. The van der Waals surface area contributed by atoms with Crippen molar-refractivity contribution in [1.82, 2.24) is 5.32 Å². The van der Waals surface area contributed by atoms with Gasteiger partial charge in [-0.05, 0) is 49.9 Å². The summed E-state index contributed by atoms with van der Waals surface area (Å²) in [6.45, 7) is 3.13. The smallest absolute Gasteiger partial charge is 0.132 e. The molecule has 3 N–H and O–H groups in total. The van der Waals surface area contributed by atoms with Crippen LogP contribution in [0.2, 0.25) is 0 Å². The van der Waals surface area contributed by atoms with Gasteiger partial charge in [-0.15, -0.1) is 0 Å². The highest BCUT2D eigenvalue weighted by Crippen LogP contribution is 2.30. The van der Waals surface area contributed by atoms with Gasteiger partial charge in [0, 0.05) is 24.3 Å². The molecule has 1 aliphatic heterocycles. The fourth-order valence-corrected chi connectivity index (χ4v) is 3.16. The zero-order chi connectivity index (χ0) is 15.4. The van der Waals surface area contributed by atoms with Gasteiger partial charge in [0.15, 0.2) is 0 Å². The highest BCUT2D eigenvalue weighted by molar-refractivity contribution is 5.53. The first-order chi connectivity index (χ1) is 10.7. The second-order valence-electron chi connectivity index (χ2n) is 6.04. The van der Waals surface area contributed by atoms with E-state index in [4.69, 9.17) is 4.42 Å². The van der Waals surface area contributed by atoms with E-state index in [0.29, 0.717) is 18.2 Å². The first-order valence-corrected chi connectivity index (χ1v) is 8.04. The molecule has 4 nitrogen and oxygen atoms in total. The van der Waals surface area contributed by atoms with Crippen molar-refractivity contribution in [2.24, 2.45) is 0 Å². The summed E-state index contributed by atoms with van der Waals surface area (Å²) in [4.78, 5) is 0. The van der Waals surface area contributed by atoms with Crippen molar-refractivity contribution in [3.05, 3.63) is 54.0 Å². The van der Waals surface area contributed by atoms with Gasteiger partial charge < -0.3 is 20.2 Å². The van der Waals surface area contributed by atoms with Crippen LogP contribution in [0.1, 0.15) is 49.7 Å². The SMILES string of the molecule is C[C@H](C[C@@H](O)c1ccco1)N[C@@H]1CCCNc2ccccc21. The fourth-order valence-electron chi connectivity index (χ4n) is 3.16. The number of para-hydroxylation sites is 1. The number of nitrogens with one attached hydrogen (secondary N) is 2. The minimum Gasteiger partial charge on any atom is -0.467 e. The van der Waals surface area contributed by atoms with Gasteiger partial charge in [-0.1, -0.05) is 18.2 Å². The average molecular weight is 300 g/mol. The van der Waals surface area contributed by atoms with E-state index < -0.39 is 6.10 Å². The Morgan fingerprint density at radius 1 is 1.32 bits per heavy atom. The van der Waals surface area contributed by atoms with Crippen LogP contribution in [-0.4, -0.2) is 17.7 Å². The van der Waals surface area contributed by atoms with Crippen LogP contribution in [0.3, 0.4) is 0 Å². The molecule has 1 aliphatic rings. The molecular weight excluding hydrogens is 276 g/mol. The quantitative estimate of drug-likeness (QED) is 0.789. The van der Waals surface area contributed by atoms with E-state index in [1.807, 2.05) is 12.1 Å². The standard InChI is InChI=1S/C18H24N2O2/c1-13(12-17(21)18-9-5-11-22-18)20-16-8-4-10-19-15-7-3-2-6-14(15)16/h2-3,5-7,9,11,13,16-17,19-21H,4,8,10,12H2,1H3/t13-,16-,17-/m1/s1. The Bertz CT molecular complexity index is 583. The van der Waals surface area contributed by atoms with Crippen LogP contribution in [0.5, 0.6) is 0 Å². The van der Waals surface area contributed by atoms with Crippen LogP contribution < -0.4 is 10.6 Å². The number of hydrogen-bond donors (Lipinski definition) is 3. The van der Waals surface area contributed by atoms with E-state index in [9.17, 15) is 5.11 Å². The maximum absolute atomic E-state index is 10.2. The van der Waals surface area contributed by atoms with E-state index in [-0.39, 0.29) is 6.04 Å². The predicted octanol–water partition coefficient (Wildman–Crippen LogP) is 3.63. The van der Waals surface area contributed by atoms with E-state index in [1.54, 1.807) is 6.26 Å². The Kier molecular flexibility index (Phi) is 4.80. The van der Waals surface area contributed by atoms with Gasteiger partial charge in [0.2, 0.25) is 0 Å². The number of aliphatic hydroxyl groups is 1. The molecule has 2 heterocycles. The van der Waals surface area contributed by atoms with E-state index in [0.717, 1.165) is 19.4 Å². The van der Waals surface area contributed by atoms with Crippen LogP contribution in [0, 0.1) is 0 Å². The topological polar surface area (TPSA) is 57.4 Å². The summed E-state index contributed by atoms with van der Waals surface area (Å²) in [5.41, 5.74) is 2.54. The highest BCUT2D eigenvalue weighted by atomic mass is 16.4. The summed E-state index contributed by atoms with van der Waals surface area (Å²) in [6, 6.07) is 12.6. The zero-order valence-corrected chi connectivity index (χ0v) is 13.0. The summed E-state index contributed by atoms with van der Waals surface area (Å²) in [5, 5.41) is 17.4. The van der Waals surface area contributed by atoms with Crippen LogP contribution in [-0.2, 0) is 0 Å². The first-order valence-electron chi connectivity index (χ1n) is 8.04. The Morgan fingerprint density at radius 3 is 3.00 bits per heavy atom. The van der Waals surface area contributed by atoms with E-state index in [2.05, 4.69) is 41.8 Å². The molecule has 1 aromatic heterocycles. The third-order valence-corrected chi connectivity index (χ3v) is 4.26. The third-order valence-electron chi connectivity index (χ3n) is 4.26. The summed E-state index contributed by atoms with van der Waals surface area (Å²) >= 11 is 0. The molecule has 22 heavy (non-hydrogen) atoms. The summed E-state index contributed by atoms with van der Waals surface area (Å²) < 4.78 is 5.27. The van der Waals surface area contributed by atoms with Crippen LogP contribution >= 0.6 is 0 Å². The summed E-state index contributed by atoms with van der Waals surface area (Å²) in [5.74, 6) is 0.636. The summed E-state index contributed by atoms with van der Waals surface area (Å²) in [6.07, 6.45) is 3.92. The molecule has 3 rings (SSSR count). The molecule has 0 bridgehead atoms. The molecule has 0 spiro atoms. The first kappa shape index (κ1) is 15.1. The number of anilines is 1. The molecule has 0 amide bonds. The van der Waals surface area contributed by atoms with Crippen molar-refractivity contribution >= 4 is 5.69 Å². The molecule has 0 saturated carbocycles. The van der Waals surface area contributed by atoms with Gasteiger partial charge in [-0.2, -0.15) is 0 Å². The van der Waals surface area contributed by atoms with Crippen LogP contribution in [0.25, 0.3) is 0 Å². The molecule has 0 aliphatic carbocycles. The lowest BCUT2D eigenvalue weighted by Gasteiger charge is -2.25. The predicted molar refractivity (Wildman–Crippen MR) is 87.8 cm³/mol. The van der Waals surface area contributed by atoms with Gasteiger partial charge in [0.05, 0.1) is 6.26 Å². The minimum atomic E-state index is -0.559. The van der Waals surface area contributed by atoms with Crippen molar-refractivity contribution in [2.75, 3.05) is 11.9 Å². The van der Waals surface area contributed by atoms with Crippen LogP contribution in [0.15, 0.2) is 47.1 Å². The average Bonchev–Trinajstić information content (AvgIpc) is 2.98. The lowest BCUT2D eigenvalue weighted by molar-refractivity contribution is 0.126. The van der Waals surface area contributed by atoms with Gasteiger partial charge in [0.25, 0.3) is 0 Å². The molecule has 0 radical (unpaired) electrons. The Hall–Kier alpha value is -1.78. The molecular formula is C18H24N2O2. The highest BCUT2D eigenvalue weighted by Gasteiger charge is 2.21. The lowest BCUT2D eigenvalue weighted by atomic mass is 9.99. The fraction of sp³-hybridized carbons (Fsp3) is 0.444. The molecule has 3 atom stereocenters. The number of hydrogen-bond acceptors (Lipinski definition) is 4. The Balaban J connectivity index is 1.65. The zero-order valence-electron chi connectivity index (χ0n) is 13.0. The van der Waals surface area contributed by atoms with Crippen molar-refractivity contribution in [3.8, 4) is 0 Å². The van der Waals surface area contributed by atoms with Gasteiger partial charge >= 0.3 is 0 Å². The van der Waals surface area contributed by atoms with E-state index >= 15 is 0 Å². The Morgan fingerprint density at radius 2 is 2.18 bits per heavy atom. The number of furan rings is 1. The van der Waals surface area contributed by atoms with Crippen molar-refractivity contribution in [3.63, 3.8) is 0 Å². The molecule has 1 aromatic carbocycles. The third kappa shape index (κ3) is 3.51.